The summed E-state index contributed by atoms with van der Waals surface area (Å²) in [6.07, 6.45) is 2.35. The normalized spacial score (nSPS) is 10.3. The van der Waals surface area contributed by atoms with Gasteiger partial charge >= 0.3 is 0 Å². The molecule has 3 nitrogen and oxygen atoms in total. The molecule has 0 rings (SSSR count). The lowest BCUT2D eigenvalue weighted by Crippen LogP contribution is -2.10. The highest BCUT2D eigenvalue weighted by Gasteiger charge is 2.00. The Balaban J connectivity index is 3.11. The van der Waals surface area contributed by atoms with E-state index in [0.29, 0.717) is 19.6 Å². The van der Waals surface area contributed by atoms with Crippen LogP contribution in [0.2, 0.25) is 0 Å². The Morgan fingerprint density at radius 1 is 1.15 bits per heavy atom. The maximum absolute atomic E-state index is 11.1. The fourth-order valence-electron chi connectivity index (χ4n) is 0.918. The number of hydrogen-bond donors (Lipinski definition) is 0. The van der Waals surface area contributed by atoms with Gasteiger partial charge in [-0.15, -0.1) is 0 Å². The number of carbonyl (C=O) groups is 1. The zero-order valence-electron chi connectivity index (χ0n) is 8.67. The van der Waals surface area contributed by atoms with Crippen molar-refractivity contribution in [1.29, 1.82) is 0 Å². The fourth-order valence-corrected chi connectivity index (χ4v) is 0.918. The van der Waals surface area contributed by atoms with Gasteiger partial charge in [0.1, 0.15) is 6.61 Å². The molecule has 3 heteroatoms. The predicted molar refractivity (Wildman–Crippen MR) is 51.8 cm³/mol. The van der Waals surface area contributed by atoms with E-state index >= 15 is 0 Å². The Labute approximate surface area is 80.4 Å². The Hall–Kier alpha value is -0.410. The van der Waals surface area contributed by atoms with Crippen molar-refractivity contribution < 1.29 is 14.3 Å². The van der Waals surface area contributed by atoms with Crippen molar-refractivity contribution >= 4 is 5.78 Å². The summed E-state index contributed by atoms with van der Waals surface area (Å²) in [5.74, 6) is 0.174. The van der Waals surface area contributed by atoms with Gasteiger partial charge in [-0.05, 0) is 19.8 Å². The number of rotatable bonds is 9. The predicted octanol–water partition coefficient (Wildman–Crippen LogP) is 1.80. The van der Waals surface area contributed by atoms with Gasteiger partial charge in [0, 0.05) is 26.2 Å². The first kappa shape index (κ1) is 12.6. The molecule has 0 saturated carbocycles. The Morgan fingerprint density at radius 2 is 1.92 bits per heavy atom. The summed E-state index contributed by atoms with van der Waals surface area (Å²) in [4.78, 5) is 11.1. The summed E-state index contributed by atoms with van der Waals surface area (Å²) in [5, 5.41) is 0. The van der Waals surface area contributed by atoms with Gasteiger partial charge in [0.05, 0.1) is 0 Å². The molecule has 0 N–H and O–H groups in total. The van der Waals surface area contributed by atoms with Crippen LogP contribution in [0.25, 0.3) is 0 Å². The van der Waals surface area contributed by atoms with E-state index in [1.165, 1.54) is 0 Å². The summed E-state index contributed by atoms with van der Waals surface area (Å²) in [7, 11) is 0. The molecule has 0 saturated heterocycles. The first-order valence-electron chi connectivity index (χ1n) is 4.98. The van der Waals surface area contributed by atoms with Gasteiger partial charge < -0.3 is 9.47 Å². The van der Waals surface area contributed by atoms with Crippen molar-refractivity contribution in [2.24, 2.45) is 0 Å². The quantitative estimate of drug-likeness (QED) is 0.517. The van der Waals surface area contributed by atoms with E-state index in [-0.39, 0.29) is 12.4 Å². The van der Waals surface area contributed by atoms with Gasteiger partial charge in [-0.1, -0.05) is 6.92 Å². The summed E-state index contributed by atoms with van der Waals surface area (Å²) in [5.41, 5.74) is 0. The number of Topliss-reactive ketones (excluding diaryl/α,β-unsaturated/α-hetero) is 1. The smallest absolute Gasteiger partial charge is 0.158 e. The summed E-state index contributed by atoms with van der Waals surface area (Å²) in [6.45, 7) is 6.32. The summed E-state index contributed by atoms with van der Waals surface area (Å²) < 4.78 is 10.2. The van der Waals surface area contributed by atoms with Crippen LogP contribution in [-0.2, 0) is 14.3 Å². The van der Waals surface area contributed by atoms with E-state index in [0.717, 1.165) is 19.4 Å². The van der Waals surface area contributed by atoms with Crippen LogP contribution >= 0.6 is 0 Å². The molecule has 0 unspecified atom stereocenters. The molecule has 0 radical (unpaired) electrons. The third-order valence-electron chi connectivity index (χ3n) is 1.56. The highest BCUT2D eigenvalue weighted by Crippen LogP contribution is 1.93. The molecule has 0 aromatic heterocycles. The maximum Gasteiger partial charge on any atom is 0.158 e. The van der Waals surface area contributed by atoms with Gasteiger partial charge in [0.15, 0.2) is 5.78 Å². The van der Waals surface area contributed by atoms with E-state index in [2.05, 4.69) is 0 Å². The van der Waals surface area contributed by atoms with Crippen LogP contribution in [0, 0.1) is 0 Å². The largest absolute Gasteiger partial charge is 0.382 e. The van der Waals surface area contributed by atoms with Crippen LogP contribution in [0.15, 0.2) is 0 Å². The lowest BCUT2D eigenvalue weighted by atomic mass is 10.2. The highest BCUT2D eigenvalue weighted by atomic mass is 16.5. The first-order chi connectivity index (χ1) is 6.31. The van der Waals surface area contributed by atoms with Gasteiger partial charge in [0.2, 0.25) is 0 Å². The van der Waals surface area contributed by atoms with Crippen LogP contribution < -0.4 is 0 Å². The van der Waals surface area contributed by atoms with E-state index in [4.69, 9.17) is 9.47 Å². The number of ether oxygens (including phenoxy) is 2. The molecule has 0 aliphatic rings. The minimum atomic E-state index is 0.174. The van der Waals surface area contributed by atoms with Gasteiger partial charge in [-0.3, -0.25) is 4.79 Å². The average molecular weight is 188 g/mol. The maximum atomic E-state index is 11.1. The van der Waals surface area contributed by atoms with Crippen molar-refractivity contribution in [2.45, 2.75) is 33.1 Å². The summed E-state index contributed by atoms with van der Waals surface area (Å²) in [6, 6.07) is 0. The molecule has 0 fully saturated rings. The highest BCUT2D eigenvalue weighted by molar-refractivity contribution is 5.79. The molecule has 0 amide bonds. The molecule has 13 heavy (non-hydrogen) atoms. The second-order valence-electron chi connectivity index (χ2n) is 2.89. The number of ketones is 1. The zero-order chi connectivity index (χ0) is 9.94. The summed E-state index contributed by atoms with van der Waals surface area (Å²) >= 11 is 0. The lowest BCUT2D eigenvalue weighted by Gasteiger charge is -2.02. The van der Waals surface area contributed by atoms with Crippen LogP contribution in [-0.4, -0.2) is 32.2 Å². The molecule has 0 heterocycles. The number of carbonyl (C=O) groups excluding carboxylic acids is 1. The minimum Gasteiger partial charge on any atom is -0.382 e. The van der Waals surface area contributed by atoms with E-state index in [1.807, 2.05) is 13.8 Å². The lowest BCUT2D eigenvalue weighted by molar-refractivity contribution is -0.123. The van der Waals surface area contributed by atoms with Gasteiger partial charge in [0.25, 0.3) is 0 Å². The van der Waals surface area contributed by atoms with Crippen LogP contribution in [0.3, 0.4) is 0 Å². The van der Waals surface area contributed by atoms with Crippen molar-refractivity contribution in [3.63, 3.8) is 0 Å². The molecule has 0 aromatic rings. The van der Waals surface area contributed by atoms with Crippen LogP contribution in [0.1, 0.15) is 33.1 Å². The number of hydrogen-bond acceptors (Lipinski definition) is 3. The zero-order valence-corrected chi connectivity index (χ0v) is 8.67. The van der Waals surface area contributed by atoms with Crippen LogP contribution in [0.5, 0.6) is 0 Å². The molecular weight excluding hydrogens is 168 g/mol. The minimum absolute atomic E-state index is 0.174. The topological polar surface area (TPSA) is 35.5 Å². The molecule has 0 atom stereocenters. The van der Waals surface area contributed by atoms with Gasteiger partial charge in [-0.25, -0.2) is 0 Å². The fraction of sp³-hybridized carbons (Fsp3) is 0.900. The Bertz CT molecular complexity index is 123. The monoisotopic (exact) mass is 188 g/mol. The van der Waals surface area contributed by atoms with E-state index in [1.54, 1.807) is 0 Å². The Kier molecular flexibility index (Phi) is 9.37. The van der Waals surface area contributed by atoms with Crippen molar-refractivity contribution in [3.05, 3.63) is 0 Å². The molecule has 0 aromatic carbocycles. The molecular formula is C10H20O3. The second kappa shape index (κ2) is 9.68. The molecule has 0 spiro atoms. The molecule has 0 aliphatic carbocycles. The second-order valence-corrected chi connectivity index (χ2v) is 2.89. The van der Waals surface area contributed by atoms with E-state index in [9.17, 15) is 4.79 Å². The van der Waals surface area contributed by atoms with Crippen molar-refractivity contribution in [2.75, 3.05) is 26.4 Å². The Morgan fingerprint density at radius 3 is 2.54 bits per heavy atom. The van der Waals surface area contributed by atoms with Gasteiger partial charge in [-0.2, -0.15) is 0 Å². The van der Waals surface area contributed by atoms with Crippen molar-refractivity contribution in [3.8, 4) is 0 Å². The van der Waals surface area contributed by atoms with Crippen LogP contribution in [0.4, 0.5) is 0 Å². The molecule has 78 valence electrons. The van der Waals surface area contributed by atoms with E-state index < -0.39 is 0 Å². The first-order valence-corrected chi connectivity index (χ1v) is 4.98. The molecule has 0 bridgehead atoms. The third kappa shape index (κ3) is 9.50. The van der Waals surface area contributed by atoms with Crippen molar-refractivity contribution in [1.82, 2.24) is 0 Å². The average Bonchev–Trinajstić information content (AvgIpc) is 2.13. The third-order valence-corrected chi connectivity index (χ3v) is 1.56. The SMILES string of the molecule is CCCOCC(=O)CCCOCC. The standard InChI is InChI=1S/C10H20O3/c1-3-7-13-9-10(11)6-5-8-12-4-2/h3-9H2,1-2H3. The molecule has 0 aliphatic heterocycles.